The number of rotatable bonds is 5. The molecule has 5 heteroatoms. The topological polar surface area (TPSA) is 59.4 Å². The second-order valence-electron chi connectivity index (χ2n) is 13.9. The van der Waals surface area contributed by atoms with Crippen molar-refractivity contribution in [1.82, 2.24) is 19.1 Å². The highest BCUT2D eigenvalue weighted by atomic mass is 15.0. The Morgan fingerprint density at radius 1 is 0.444 bits per heavy atom. The molecule has 0 unspecified atom stereocenters. The maximum absolute atomic E-state index is 10.8. The van der Waals surface area contributed by atoms with Gasteiger partial charge in [-0.1, -0.05) is 120 Å². The average Bonchev–Trinajstić information content (AvgIpc) is 3.72. The molecule has 54 heavy (non-hydrogen) atoms. The number of hydrogen-bond donors (Lipinski definition) is 0. The van der Waals surface area contributed by atoms with E-state index in [0.29, 0.717) is 11.4 Å². The maximum atomic E-state index is 10.8. The molecule has 0 amide bonds. The zero-order valence-electron chi connectivity index (χ0n) is 29.8. The van der Waals surface area contributed by atoms with Crippen molar-refractivity contribution in [2.75, 3.05) is 0 Å². The van der Waals surface area contributed by atoms with Crippen LogP contribution in [-0.2, 0) is 0 Å². The molecule has 10 rings (SSSR count). The van der Waals surface area contributed by atoms with Gasteiger partial charge in [0.05, 0.1) is 62.0 Å². The lowest BCUT2D eigenvalue weighted by Crippen LogP contribution is -2.07. The fourth-order valence-corrected chi connectivity index (χ4v) is 8.02. The molecule has 0 saturated heterocycles. The van der Waals surface area contributed by atoms with E-state index in [-0.39, 0.29) is 0 Å². The lowest BCUT2D eigenvalue weighted by molar-refractivity contribution is 1.10. The molecule has 0 fully saturated rings. The van der Waals surface area contributed by atoms with Crippen LogP contribution < -0.4 is 0 Å². The molecule has 0 spiro atoms. The van der Waals surface area contributed by atoms with E-state index in [1.165, 1.54) is 11.1 Å². The monoisotopic (exact) mass is 691 g/mol. The lowest BCUT2D eigenvalue weighted by atomic mass is 10.0. The fraction of sp³-hybridized carbons (Fsp3) is 0.0408. The van der Waals surface area contributed by atoms with Crippen LogP contribution in [0.4, 0.5) is 0 Å². The van der Waals surface area contributed by atoms with Crippen molar-refractivity contribution in [3.05, 3.63) is 180 Å². The van der Waals surface area contributed by atoms with Crippen LogP contribution in [0.15, 0.2) is 164 Å². The number of aromatic nitrogens is 4. The highest BCUT2D eigenvalue weighted by Gasteiger charge is 2.25. The van der Waals surface area contributed by atoms with Crippen LogP contribution in [0, 0.1) is 25.2 Å². The van der Waals surface area contributed by atoms with Crippen molar-refractivity contribution < 1.29 is 0 Å². The second-order valence-corrected chi connectivity index (χ2v) is 13.9. The highest BCUT2D eigenvalue weighted by molar-refractivity contribution is 6.12. The van der Waals surface area contributed by atoms with Crippen molar-refractivity contribution in [1.29, 1.82) is 5.26 Å². The molecule has 0 N–H and O–H groups in total. The lowest BCUT2D eigenvalue weighted by Gasteiger charge is -2.21. The van der Waals surface area contributed by atoms with Crippen LogP contribution in [0.3, 0.4) is 0 Å². The molecule has 0 aliphatic rings. The Morgan fingerprint density at radius 3 is 1.33 bits per heavy atom. The summed E-state index contributed by atoms with van der Waals surface area (Å²) in [6.45, 7) is 4.26. The average molecular weight is 692 g/mol. The smallest absolute Gasteiger partial charge is 0.164 e. The van der Waals surface area contributed by atoms with Crippen LogP contribution in [-0.4, -0.2) is 19.1 Å². The molecule has 0 saturated carbocycles. The summed E-state index contributed by atoms with van der Waals surface area (Å²) in [7, 11) is 0. The number of benzene rings is 7. The van der Waals surface area contributed by atoms with Gasteiger partial charge in [0, 0.05) is 32.7 Å². The largest absolute Gasteiger partial charge is 0.308 e. The number of para-hydroxylation sites is 2. The molecule has 0 radical (unpaired) electrons. The Labute approximate surface area is 312 Å². The normalized spacial score (nSPS) is 11.5. The number of nitrogens with zero attached hydrogens (tertiary/aromatic N) is 5. The van der Waals surface area contributed by atoms with Crippen LogP contribution in [0.2, 0.25) is 0 Å². The van der Waals surface area contributed by atoms with Gasteiger partial charge in [-0.25, -0.2) is 9.97 Å². The summed E-state index contributed by atoms with van der Waals surface area (Å²) >= 11 is 0. The summed E-state index contributed by atoms with van der Waals surface area (Å²) in [5, 5.41) is 15.3. The van der Waals surface area contributed by atoms with Crippen LogP contribution in [0.5, 0.6) is 0 Å². The first-order valence-electron chi connectivity index (χ1n) is 18.1. The Hall–Kier alpha value is -7.29. The second kappa shape index (κ2) is 12.4. The molecule has 0 atom stereocenters. The standard InChI is InChI=1S/C49H33N5/c1-31-21-23-44-38(25-31)36-17-9-11-19-42(36)53(44)46-27-33(30-50)28-47(54-43-20-12-10-18-37(43)39-26-32(2)22-24-45(39)54)48(46)49-51-40(34-13-5-3-6-14-34)29-41(52-49)35-15-7-4-8-16-35/h3-29H,1-2H3. The quantitative estimate of drug-likeness (QED) is 0.180. The van der Waals surface area contributed by atoms with Gasteiger partial charge in [0.2, 0.25) is 0 Å². The molecule has 3 aromatic heterocycles. The van der Waals surface area contributed by atoms with Crippen molar-refractivity contribution in [3.63, 3.8) is 0 Å². The predicted octanol–water partition coefficient (Wildman–Crippen LogP) is 12.2. The zero-order chi connectivity index (χ0) is 36.3. The van der Waals surface area contributed by atoms with Gasteiger partial charge in [-0.2, -0.15) is 5.26 Å². The van der Waals surface area contributed by atoms with E-state index in [0.717, 1.165) is 83.1 Å². The molecule has 5 nitrogen and oxygen atoms in total. The Morgan fingerprint density at radius 2 is 0.870 bits per heavy atom. The molecule has 0 aliphatic carbocycles. The Bertz CT molecular complexity index is 2930. The SMILES string of the molecule is Cc1ccc2c(c1)c1ccccc1n2-c1cc(C#N)cc(-n2c3ccccc3c3cc(C)ccc32)c1-c1nc(-c2ccccc2)cc(-c2ccccc2)n1. The van der Waals surface area contributed by atoms with Crippen molar-refractivity contribution in [2.24, 2.45) is 0 Å². The third kappa shape index (κ3) is 5.00. The van der Waals surface area contributed by atoms with Gasteiger partial charge in [-0.05, 0) is 68.4 Å². The summed E-state index contributed by atoms with van der Waals surface area (Å²) in [4.78, 5) is 10.8. The molecule has 254 valence electrons. The molecule has 0 bridgehead atoms. The molecular weight excluding hydrogens is 659 g/mol. The van der Waals surface area contributed by atoms with Gasteiger partial charge < -0.3 is 9.13 Å². The van der Waals surface area contributed by atoms with Crippen molar-refractivity contribution >= 4 is 43.6 Å². The first kappa shape index (κ1) is 31.4. The predicted molar refractivity (Wildman–Crippen MR) is 221 cm³/mol. The van der Waals surface area contributed by atoms with Gasteiger partial charge in [0.1, 0.15) is 0 Å². The van der Waals surface area contributed by atoms with E-state index in [4.69, 9.17) is 9.97 Å². The van der Waals surface area contributed by atoms with Crippen molar-refractivity contribution in [2.45, 2.75) is 13.8 Å². The fourth-order valence-electron chi connectivity index (χ4n) is 8.02. The Kier molecular flexibility index (Phi) is 7.24. The minimum atomic E-state index is 0.544. The van der Waals surface area contributed by atoms with E-state index in [1.54, 1.807) is 0 Å². The van der Waals surface area contributed by atoms with Crippen LogP contribution >= 0.6 is 0 Å². The maximum Gasteiger partial charge on any atom is 0.164 e. The molecular formula is C49H33N5. The summed E-state index contributed by atoms with van der Waals surface area (Å²) in [6.07, 6.45) is 0. The number of hydrogen-bond acceptors (Lipinski definition) is 3. The van der Waals surface area contributed by atoms with E-state index >= 15 is 0 Å². The van der Waals surface area contributed by atoms with E-state index < -0.39 is 0 Å². The van der Waals surface area contributed by atoms with Gasteiger partial charge in [0.15, 0.2) is 5.82 Å². The molecule has 0 aliphatic heterocycles. The summed E-state index contributed by atoms with van der Waals surface area (Å²) < 4.78 is 4.59. The van der Waals surface area contributed by atoms with Gasteiger partial charge in [0.25, 0.3) is 0 Å². The third-order valence-electron chi connectivity index (χ3n) is 10.5. The summed E-state index contributed by atoms with van der Waals surface area (Å²) in [5.41, 5.74) is 13.2. The summed E-state index contributed by atoms with van der Waals surface area (Å²) in [5.74, 6) is 0.570. The molecule has 10 aromatic rings. The first-order chi connectivity index (χ1) is 26.6. The van der Waals surface area contributed by atoms with Gasteiger partial charge in [-0.15, -0.1) is 0 Å². The Balaban J connectivity index is 1.42. The number of nitriles is 1. The highest BCUT2D eigenvalue weighted by Crippen LogP contribution is 2.43. The first-order valence-corrected chi connectivity index (χ1v) is 18.1. The molecule has 7 aromatic carbocycles. The minimum Gasteiger partial charge on any atom is -0.308 e. The number of fused-ring (bicyclic) bond motifs is 6. The zero-order valence-corrected chi connectivity index (χ0v) is 29.8. The summed E-state index contributed by atoms with van der Waals surface area (Å²) in [6, 6.07) is 59.4. The molecule has 3 heterocycles. The number of aryl methyl sites for hydroxylation is 2. The van der Waals surface area contributed by atoms with Crippen LogP contribution in [0.25, 0.3) is 88.9 Å². The van der Waals surface area contributed by atoms with Gasteiger partial charge >= 0.3 is 0 Å². The van der Waals surface area contributed by atoms with E-state index in [2.05, 4.69) is 144 Å². The van der Waals surface area contributed by atoms with E-state index in [9.17, 15) is 5.26 Å². The minimum absolute atomic E-state index is 0.544. The van der Waals surface area contributed by atoms with Crippen molar-refractivity contribution in [3.8, 4) is 51.3 Å². The van der Waals surface area contributed by atoms with Crippen LogP contribution in [0.1, 0.15) is 16.7 Å². The third-order valence-corrected chi connectivity index (χ3v) is 10.5. The van der Waals surface area contributed by atoms with E-state index in [1.807, 2.05) is 48.5 Å². The van der Waals surface area contributed by atoms with Gasteiger partial charge in [-0.3, -0.25) is 0 Å².